The fourth-order valence-electron chi connectivity index (χ4n) is 1.09. The molecule has 0 bridgehead atoms. The van der Waals surface area contributed by atoms with Crippen molar-refractivity contribution >= 4 is 15.9 Å². The van der Waals surface area contributed by atoms with Gasteiger partial charge in [0.2, 0.25) is 0 Å². The van der Waals surface area contributed by atoms with Gasteiger partial charge in [0.1, 0.15) is 0 Å². The maximum Gasteiger partial charge on any atom is 0.00313 e. The molecule has 0 spiro atoms. The van der Waals surface area contributed by atoms with Gasteiger partial charge in [-0.15, -0.1) is 0 Å². The van der Waals surface area contributed by atoms with Gasteiger partial charge in [-0.05, 0) is 25.7 Å². The van der Waals surface area contributed by atoms with Gasteiger partial charge in [0, 0.05) is 5.33 Å². The molecule has 72 valence electrons. The molecule has 0 aliphatic rings. The number of hydrogen-bond donors (Lipinski definition) is 0. The van der Waals surface area contributed by atoms with Crippen molar-refractivity contribution in [3.05, 3.63) is 12.2 Å². The molecule has 0 fully saturated rings. The summed E-state index contributed by atoms with van der Waals surface area (Å²) in [5.74, 6) is 0. The first kappa shape index (κ1) is 12.2. The van der Waals surface area contributed by atoms with Gasteiger partial charge in [0.15, 0.2) is 0 Å². The number of unbranched alkanes of at least 4 members (excludes halogenated alkanes) is 5. The van der Waals surface area contributed by atoms with Crippen molar-refractivity contribution in [2.24, 2.45) is 0 Å². The highest BCUT2D eigenvalue weighted by atomic mass is 79.9. The molecule has 0 aromatic rings. The molecule has 0 aromatic carbocycles. The van der Waals surface area contributed by atoms with Crippen molar-refractivity contribution in [1.29, 1.82) is 0 Å². The van der Waals surface area contributed by atoms with Crippen LogP contribution < -0.4 is 0 Å². The third-order valence-electron chi connectivity index (χ3n) is 1.90. The summed E-state index contributed by atoms with van der Waals surface area (Å²) < 4.78 is 0. The van der Waals surface area contributed by atoms with Gasteiger partial charge in [-0.1, -0.05) is 54.3 Å². The van der Waals surface area contributed by atoms with Crippen LogP contribution in [0.15, 0.2) is 12.2 Å². The summed E-state index contributed by atoms with van der Waals surface area (Å²) >= 11 is 3.43. The van der Waals surface area contributed by atoms with E-state index in [9.17, 15) is 0 Å². The molecule has 0 unspecified atom stereocenters. The van der Waals surface area contributed by atoms with Crippen molar-refractivity contribution < 1.29 is 0 Å². The molecule has 0 heterocycles. The number of halogens is 1. The third-order valence-corrected chi connectivity index (χ3v) is 2.46. The molecule has 0 amide bonds. The fourth-order valence-corrected chi connectivity index (χ4v) is 1.49. The maximum atomic E-state index is 3.43. The quantitative estimate of drug-likeness (QED) is 0.324. The molecule has 0 atom stereocenters. The topological polar surface area (TPSA) is 0 Å². The summed E-state index contributed by atoms with van der Waals surface area (Å²) in [6, 6.07) is 0. The van der Waals surface area contributed by atoms with E-state index >= 15 is 0 Å². The Hall–Kier alpha value is 0.220. The molecule has 0 nitrogen and oxygen atoms in total. The number of rotatable bonds is 8. The highest BCUT2D eigenvalue weighted by Crippen LogP contribution is 2.03. The van der Waals surface area contributed by atoms with E-state index in [1.165, 1.54) is 44.9 Å². The smallest absolute Gasteiger partial charge is 0.00313 e. The molecule has 0 aliphatic heterocycles. The van der Waals surface area contributed by atoms with E-state index in [-0.39, 0.29) is 0 Å². The summed E-state index contributed by atoms with van der Waals surface area (Å²) in [6.07, 6.45) is 13.9. The minimum absolute atomic E-state index is 1.16. The van der Waals surface area contributed by atoms with Gasteiger partial charge in [-0.3, -0.25) is 0 Å². The van der Waals surface area contributed by atoms with Gasteiger partial charge >= 0.3 is 0 Å². The molecular formula is C11H21Br. The largest absolute Gasteiger partial charge is 0.0928 e. The molecule has 0 aromatic heterocycles. The van der Waals surface area contributed by atoms with E-state index in [0.29, 0.717) is 0 Å². The second-order valence-corrected chi connectivity index (χ2v) is 3.94. The Morgan fingerprint density at radius 2 is 1.58 bits per heavy atom. The Morgan fingerprint density at radius 3 is 2.17 bits per heavy atom. The average Bonchev–Trinajstić information content (AvgIpc) is 2.10. The van der Waals surface area contributed by atoms with Gasteiger partial charge < -0.3 is 0 Å². The first-order valence-electron chi connectivity index (χ1n) is 5.12. The van der Waals surface area contributed by atoms with Crippen molar-refractivity contribution in [3.63, 3.8) is 0 Å². The van der Waals surface area contributed by atoms with Gasteiger partial charge in [0.05, 0.1) is 0 Å². The van der Waals surface area contributed by atoms with Crippen LogP contribution in [0.5, 0.6) is 0 Å². The van der Waals surface area contributed by atoms with Crippen LogP contribution in [0, 0.1) is 0 Å². The fraction of sp³-hybridized carbons (Fsp3) is 0.818. The standard InChI is InChI=1S/C11H21Br/c1-2-3-4-5-6-7-8-9-10-11-12/h5-6H,2-4,7-11H2,1H3/b6-5-. The maximum absolute atomic E-state index is 3.43. The summed E-state index contributed by atoms with van der Waals surface area (Å²) in [5, 5.41) is 1.16. The highest BCUT2D eigenvalue weighted by molar-refractivity contribution is 9.09. The Morgan fingerprint density at radius 1 is 0.917 bits per heavy atom. The highest BCUT2D eigenvalue weighted by Gasteiger charge is 1.84. The van der Waals surface area contributed by atoms with Gasteiger partial charge in [0.25, 0.3) is 0 Å². The first-order chi connectivity index (χ1) is 5.91. The SMILES string of the molecule is CCCC/C=C\CCCCCBr. The lowest BCUT2D eigenvalue weighted by Gasteiger charge is -1.93. The first-order valence-corrected chi connectivity index (χ1v) is 6.25. The zero-order valence-electron chi connectivity index (χ0n) is 8.19. The minimum Gasteiger partial charge on any atom is -0.0928 e. The van der Waals surface area contributed by atoms with E-state index in [2.05, 4.69) is 35.0 Å². The van der Waals surface area contributed by atoms with Crippen LogP contribution >= 0.6 is 15.9 Å². The van der Waals surface area contributed by atoms with Gasteiger partial charge in [-0.2, -0.15) is 0 Å². The van der Waals surface area contributed by atoms with Crippen LogP contribution in [0.2, 0.25) is 0 Å². The van der Waals surface area contributed by atoms with Crippen molar-refractivity contribution in [2.45, 2.75) is 51.9 Å². The predicted molar refractivity (Wildman–Crippen MR) is 60.9 cm³/mol. The molecule has 1 heteroatoms. The van der Waals surface area contributed by atoms with Gasteiger partial charge in [-0.25, -0.2) is 0 Å². The van der Waals surface area contributed by atoms with E-state index in [1.54, 1.807) is 0 Å². The van der Waals surface area contributed by atoms with Crippen LogP contribution in [0.25, 0.3) is 0 Å². The second-order valence-electron chi connectivity index (χ2n) is 3.15. The van der Waals surface area contributed by atoms with Crippen molar-refractivity contribution in [3.8, 4) is 0 Å². The van der Waals surface area contributed by atoms with Crippen molar-refractivity contribution in [1.82, 2.24) is 0 Å². The average molecular weight is 233 g/mol. The molecule has 0 aliphatic carbocycles. The van der Waals surface area contributed by atoms with E-state index < -0.39 is 0 Å². The lowest BCUT2D eigenvalue weighted by molar-refractivity contribution is 0.733. The molecule has 0 N–H and O–H groups in total. The predicted octanol–water partition coefficient (Wildman–Crippen LogP) is 4.69. The molecule has 12 heavy (non-hydrogen) atoms. The zero-order chi connectivity index (χ0) is 9.07. The van der Waals surface area contributed by atoms with Crippen LogP contribution in [0.3, 0.4) is 0 Å². The van der Waals surface area contributed by atoms with E-state index in [1.807, 2.05) is 0 Å². The lowest BCUT2D eigenvalue weighted by atomic mass is 10.2. The third kappa shape index (κ3) is 10.2. The summed E-state index contributed by atoms with van der Waals surface area (Å²) in [6.45, 7) is 2.24. The van der Waals surface area contributed by atoms with Crippen LogP contribution in [0.4, 0.5) is 0 Å². The Bertz CT molecular complexity index is 97.2. The second kappa shape index (κ2) is 11.2. The number of allylic oxidation sites excluding steroid dienone is 2. The van der Waals surface area contributed by atoms with Crippen molar-refractivity contribution in [2.75, 3.05) is 5.33 Å². The number of alkyl halides is 1. The molecule has 0 saturated heterocycles. The van der Waals surface area contributed by atoms with Crippen LogP contribution in [-0.2, 0) is 0 Å². The van der Waals surface area contributed by atoms with E-state index in [0.717, 1.165) is 5.33 Å². The molecular weight excluding hydrogens is 212 g/mol. The Balaban J connectivity index is 2.92. The minimum atomic E-state index is 1.16. The molecule has 0 radical (unpaired) electrons. The summed E-state index contributed by atoms with van der Waals surface area (Å²) in [5.41, 5.74) is 0. The lowest BCUT2D eigenvalue weighted by Crippen LogP contribution is -1.76. The van der Waals surface area contributed by atoms with Crippen LogP contribution in [-0.4, -0.2) is 5.33 Å². The molecule has 0 saturated carbocycles. The molecule has 0 rings (SSSR count). The zero-order valence-corrected chi connectivity index (χ0v) is 9.78. The Labute approximate surface area is 85.6 Å². The normalized spacial score (nSPS) is 11.2. The summed E-state index contributed by atoms with van der Waals surface area (Å²) in [4.78, 5) is 0. The van der Waals surface area contributed by atoms with Crippen LogP contribution in [0.1, 0.15) is 51.9 Å². The number of hydrogen-bond acceptors (Lipinski definition) is 0. The summed E-state index contributed by atoms with van der Waals surface area (Å²) in [7, 11) is 0. The Kier molecular flexibility index (Phi) is 11.4. The monoisotopic (exact) mass is 232 g/mol. The van der Waals surface area contributed by atoms with E-state index in [4.69, 9.17) is 0 Å².